The zero-order valence-electron chi connectivity index (χ0n) is 13.0. The van der Waals surface area contributed by atoms with Crippen LogP contribution in [-0.4, -0.2) is 66.4 Å². The van der Waals surface area contributed by atoms with Crippen molar-refractivity contribution in [3.05, 3.63) is 28.7 Å². The SMILES string of the molecule is O[C@@H](COc1ccc(Br)cc1)CN1CCCN2CCC[C@H]2C1. The van der Waals surface area contributed by atoms with Crippen LogP contribution in [0.25, 0.3) is 0 Å². The molecule has 0 unspecified atom stereocenters. The van der Waals surface area contributed by atoms with Crippen molar-refractivity contribution < 1.29 is 9.84 Å². The molecule has 1 N–H and O–H groups in total. The molecule has 4 nitrogen and oxygen atoms in total. The van der Waals surface area contributed by atoms with Gasteiger partial charge >= 0.3 is 0 Å². The van der Waals surface area contributed by atoms with Gasteiger partial charge in [-0.15, -0.1) is 0 Å². The van der Waals surface area contributed by atoms with Crippen molar-refractivity contribution in [2.45, 2.75) is 31.4 Å². The third-order valence-corrected chi connectivity index (χ3v) is 5.14. The Hall–Kier alpha value is -0.620. The van der Waals surface area contributed by atoms with Crippen molar-refractivity contribution in [3.8, 4) is 5.75 Å². The number of hydrogen-bond donors (Lipinski definition) is 1. The maximum absolute atomic E-state index is 10.3. The highest BCUT2D eigenvalue weighted by molar-refractivity contribution is 9.10. The molecule has 3 rings (SSSR count). The lowest BCUT2D eigenvalue weighted by molar-refractivity contribution is 0.0658. The van der Waals surface area contributed by atoms with E-state index in [1.165, 1.54) is 32.4 Å². The molecule has 2 saturated heterocycles. The molecule has 0 saturated carbocycles. The summed E-state index contributed by atoms with van der Waals surface area (Å²) in [4.78, 5) is 5.02. The number of aliphatic hydroxyl groups is 1. The number of fused-ring (bicyclic) bond motifs is 1. The smallest absolute Gasteiger partial charge is 0.119 e. The first kappa shape index (κ1) is 16.2. The molecule has 122 valence electrons. The molecule has 1 aromatic rings. The van der Waals surface area contributed by atoms with Gasteiger partial charge < -0.3 is 9.84 Å². The maximum atomic E-state index is 10.3. The lowest BCUT2D eigenvalue weighted by Gasteiger charge is -2.27. The quantitative estimate of drug-likeness (QED) is 0.865. The van der Waals surface area contributed by atoms with Crippen molar-refractivity contribution in [1.29, 1.82) is 0 Å². The Morgan fingerprint density at radius 3 is 2.77 bits per heavy atom. The van der Waals surface area contributed by atoms with Gasteiger partial charge in [0, 0.05) is 23.6 Å². The Morgan fingerprint density at radius 1 is 1.18 bits per heavy atom. The van der Waals surface area contributed by atoms with E-state index in [0.29, 0.717) is 19.2 Å². The summed E-state index contributed by atoms with van der Waals surface area (Å²) in [6.45, 7) is 5.71. The number of ether oxygens (including phenoxy) is 1. The molecule has 0 spiro atoms. The number of rotatable bonds is 5. The molecule has 2 atom stereocenters. The van der Waals surface area contributed by atoms with Crippen molar-refractivity contribution in [2.75, 3.05) is 39.3 Å². The van der Waals surface area contributed by atoms with Gasteiger partial charge in [0.2, 0.25) is 0 Å². The minimum absolute atomic E-state index is 0.354. The van der Waals surface area contributed by atoms with E-state index in [1.54, 1.807) is 0 Å². The summed E-state index contributed by atoms with van der Waals surface area (Å²) < 4.78 is 6.71. The zero-order chi connectivity index (χ0) is 15.4. The Kier molecular flexibility index (Phi) is 5.74. The molecule has 0 aliphatic carbocycles. The van der Waals surface area contributed by atoms with Crippen LogP contribution in [0.5, 0.6) is 5.75 Å². The van der Waals surface area contributed by atoms with Crippen LogP contribution in [0, 0.1) is 0 Å². The van der Waals surface area contributed by atoms with E-state index in [-0.39, 0.29) is 0 Å². The van der Waals surface area contributed by atoms with Gasteiger partial charge in [-0.05, 0) is 63.2 Å². The topological polar surface area (TPSA) is 35.9 Å². The second kappa shape index (κ2) is 7.77. The molecule has 0 bridgehead atoms. The van der Waals surface area contributed by atoms with E-state index >= 15 is 0 Å². The summed E-state index contributed by atoms with van der Waals surface area (Å²) in [5, 5.41) is 10.3. The third-order valence-electron chi connectivity index (χ3n) is 4.61. The summed E-state index contributed by atoms with van der Waals surface area (Å²) in [7, 11) is 0. The molecule has 2 fully saturated rings. The number of benzene rings is 1. The summed E-state index contributed by atoms with van der Waals surface area (Å²) in [6, 6.07) is 8.43. The summed E-state index contributed by atoms with van der Waals surface area (Å²) in [6.07, 6.45) is 3.41. The first-order chi connectivity index (χ1) is 10.7. The van der Waals surface area contributed by atoms with Crippen molar-refractivity contribution >= 4 is 15.9 Å². The molecular weight excluding hydrogens is 344 g/mol. The largest absolute Gasteiger partial charge is 0.491 e. The van der Waals surface area contributed by atoms with Crippen molar-refractivity contribution in [2.24, 2.45) is 0 Å². The van der Waals surface area contributed by atoms with Gasteiger partial charge in [0.1, 0.15) is 18.5 Å². The van der Waals surface area contributed by atoms with Gasteiger partial charge in [-0.25, -0.2) is 0 Å². The van der Waals surface area contributed by atoms with Crippen LogP contribution in [-0.2, 0) is 0 Å². The first-order valence-electron chi connectivity index (χ1n) is 8.23. The average Bonchev–Trinajstić information content (AvgIpc) is 2.85. The number of aliphatic hydroxyl groups excluding tert-OH is 1. The zero-order valence-corrected chi connectivity index (χ0v) is 14.5. The Bertz CT molecular complexity index is 468. The second-order valence-electron chi connectivity index (χ2n) is 6.36. The van der Waals surface area contributed by atoms with E-state index in [1.807, 2.05) is 24.3 Å². The number of β-amino-alcohol motifs (C(OH)–C–C–N with tert-alkyl or cyclic N) is 1. The van der Waals surface area contributed by atoms with Crippen LogP contribution < -0.4 is 4.74 Å². The van der Waals surface area contributed by atoms with Gasteiger partial charge in [-0.2, -0.15) is 0 Å². The normalized spacial score (nSPS) is 24.7. The highest BCUT2D eigenvalue weighted by Crippen LogP contribution is 2.21. The molecule has 2 aliphatic rings. The Morgan fingerprint density at radius 2 is 1.95 bits per heavy atom. The van der Waals surface area contributed by atoms with Gasteiger partial charge in [0.05, 0.1) is 0 Å². The van der Waals surface area contributed by atoms with Gasteiger partial charge in [0.25, 0.3) is 0 Å². The number of hydrogen-bond acceptors (Lipinski definition) is 4. The van der Waals surface area contributed by atoms with Gasteiger partial charge in [-0.3, -0.25) is 9.80 Å². The molecule has 2 heterocycles. The molecule has 0 radical (unpaired) electrons. The second-order valence-corrected chi connectivity index (χ2v) is 7.28. The standard InChI is InChI=1S/C17H25BrN2O2/c18-14-4-6-17(7-5-14)22-13-16(21)12-19-8-2-10-20-9-1-3-15(20)11-19/h4-7,15-16,21H,1-3,8-13H2/t15-,16+/m0/s1. The minimum atomic E-state index is -0.434. The molecule has 22 heavy (non-hydrogen) atoms. The molecule has 1 aromatic carbocycles. The Labute approximate surface area is 141 Å². The lowest BCUT2D eigenvalue weighted by atomic mass is 10.2. The van der Waals surface area contributed by atoms with E-state index in [0.717, 1.165) is 23.3 Å². The van der Waals surface area contributed by atoms with Crippen LogP contribution >= 0.6 is 15.9 Å². The summed E-state index contributed by atoms with van der Waals surface area (Å²) in [5.74, 6) is 0.806. The Balaban J connectivity index is 1.44. The highest BCUT2D eigenvalue weighted by Gasteiger charge is 2.29. The monoisotopic (exact) mass is 368 g/mol. The van der Waals surface area contributed by atoms with E-state index < -0.39 is 6.10 Å². The molecule has 5 heteroatoms. The minimum Gasteiger partial charge on any atom is -0.491 e. The van der Waals surface area contributed by atoms with E-state index in [2.05, 4.69) is 25.7 Å². The van der Waals surface area contributed by atoms with Crippen LogP contribution in [0.1, 0.15) is 19.3 Å². The van der Waals surface area contributed by atoms with Crippen molar-refractivity contribution in [1.82, 2.24) is 9.80 Å². The summed E-state index contributed by atoms with van der Waals surface area (Å²) >= 11 is 3.41. The van der Waals surface area contributed by atoms with Crippen LogP contribution in [0.3, 0.4) is 0 Å². The summed E-state index contributed by atoms with van der Waals surface area (Å²) in [5.41, 5.74) is 0. The highest BCUT2D eigenvalue weighted by atomic mass is 79.9. The molecule has 2 aliphatic heterocycles. The van der Waals surface area contributed by atoms with Crippen molar-refractivity contribution in [3.63, 3.8) is 0 Å². The third kappa shape index (κ3) is 4.44. The number of nitrogens with zero attached hydrogens (tertiary/aromatic N) is 2. The fourth-order valence-electron chi connectivity index (χ4n) is 3.52. The molecule has 0 amide bonds. The van der Waals surface area contributed by atoms with E-state index in [9.17, 15) is 5.11 Å². The fourth-order valence-corrected chi connectivity index (χ4v) is 3.79. The molecular formula is C17H25BrN2O2. The fraction of sp³-hybridized carbons (Fsp3) is 0.647. The van der Waals surface area contributed by atoms with E-state index in [4.69, 9.17) is 4.74 Å². The number of halogens is 1. The first-order valence-corrected chi connectivity index (χ1v) is 9.03. The maximum Gasteiger partial charge on any atom is 0.119 e. The van der Waals surface area contributed by atoms with Gasteiger partial charge in [-0.1, -0.05) is 15.9 Å². The predicted molar refractivity (Wildman–Crippen MR) is 91.3 cm³/mol. The average molecular weight is 369 g/mol. The lowest BCUT2D eigenvalue weighted by Crippen LogP contribution is -2.41. The van der Waals surface area contributed by atoms with Gasteiger partial charge in [0.15, 0.2) is 0 Å². The molecule has 0 aromatic heterocycles. The predicted octanol–water partition coefficient (Wildman–Crippen LogP) is 2.36. The van der Waals surface area contributed by atoms with Crippen LogP contribution in [0.2, 0.25) is 0 Å². The van der Waals surface area contributed by atoms with Crippen LogP contribution in [0.15, 0.2) is 28.7 Å². The van der Waals surface area contributed by atoms with Crippen LogP contribution in [0.4, 0.5) is 0 Å².